The minimum atomic E-state index is -1.47. The molecule has 0 N–H and O–H groups in total. The molecule has 0 fully saturated rings. The number of benzene rings is 1. The van der Waals surface area contributed by atoms with Gasteiger partial charge in [-0.15, -0.1) is 11.5 Å². The molecule has 0 heterocycles. The smallest absolute Gasteiger partial charge is 0.130 e. The van der Waals surface area contributed by atoms with Gasteiger partial charge in [-0.1, -0.05) is 58.1 Å². The molecule has 0 aliphatic heterocycles. The van der Waals surface area contributed by atoms with Crippen molar-refractivity contribution >= 4 is 8.07 Å². The summed E-state index contributed by atoms with van der Waals surface area (Å²) in [5, 5.41) is 0.324. The number of rotatable bonds is 1. The highest BCUT2D eigenvalue weighted by Gasteiger charge is 2.33. The molecule has 0 aromatic heterocycles. The van der Waals surface area contributed by atoms with Crippen molar-refractivity contribution in [3.8, 4) is 11.5 Å². The van der Waals surface area contributed by atoms with Crippen molar-refractivity contribution in [1.29, 1.82) is 0 Å². The summed E-state index contributed by atoms with van der Waals surface area (Å²) in [6.07, 6.45) is 2.00. The quantitative estimate of drug-likeness (QED) is 0.503. The number of hydrogen-bond acceptors (Lipinski definition) is 0. The van der Waals surface area contributed by atoms with Gasteiger partial charge in [-0.3, -0.25) is 0 Å². The van der Waals surface area contributed by atoms with Crippen molar-refractivity contribution < 1.29 is 0 Å². The molecule has 0 spiro atoms. The molecular formula is C16H22Si. The van der Waals surface area contributed by atoms with E-state index in [1.807, 2.05) is 18.6 Å². The van der Waals surface area contributed by atoms with Gasteiger partial charge in [0.2, 0.25) is 0 Å². The third-order valence-electron chi connectivity index (χ3n) is 3.48. The Hall–Kier alpha value is -1.00. The summed E-state index contributed by atoms with van der Waals surface area (Å²) < 4.78 is 0. The molecule has 0 nitrogen and oxygen atoms in total. The zero-order chi connectivity index (χ0) is 13.1. The van der Waals surface area contributed by atoms with Crippen LogP contribution in [-0.4, -0.2) is 8.07 Å². The van der Waals surface area contributed by atoms with Gasteiger partial charge in [-0.25, -0.2) is 0 Å². The Balaban J connectivity index is 2.72. The predicted octanol–water partition coefficient (Wildman–Crippen LogP) is 4.47. The second-order valence-corrected chi connectivity index (χ2v) is 11.0. The summed E-state index contributed by atoms with van der Waals surface area (Å²) >= 11 is 0. The molecule has 1 aromatic carbocycles. The molecule has 0 aliphatic carbocycles. The van der Waals surface area contributed by atoms with E-state index in [1.165, 1.54) is 0 Å². The molecule has 0 saturated heterocycles. The highest BCUT2D eigenvalue weighted by Crippen LogP contribution is 2.35. The molecular weight excluding hydrogens is 220 g/mol. The van der Waals surface area contributed by atoms with E-state index in [0.717, 1.165) is 11.1 Å². The van der Waals surface area contributed by atoms with Crippen molar-refractivity contribution in [2.24, 2.45) is 0 Å². The molecule has 17 heavy (non-hydrogen) atoms. The van der Waals surface area contributed by atoms with E-state index in [2.05, 4.69) is 64.4 Å². The standard InChI is InChI=1S/C16H22Si/c1-14-9-11-15(12-10-14)8-7-13-17(5,6)16(2,3)4/h8-12H,1H2,2-6H3. The van der Waals surface area contributed by atoms with Crippen molar-refractivity contribution in [2.75, 3.05) is 0 Å². The van der Waals surface area contributed by atoms with Crippen LogP contribution in [0.3, 0.4) is 0 Å². The Morgan fingerprint density at radius 2 is 1.65 bits per heavy atom. The van der Waals surface area contributed by atoms with Crippen molar-refractivity contribution in [3.05, 3.63) is 48.7 Å². The molecule has 90 valence electrons. The Labute approximate surface area is 107 Å². The summed E-state index contributed by atoms with van der Waals surface area (Å²) in [5.74, 6) is 3.23. The maximum atomic E-state index is 3.87. The summed E-state index contributed by atoms with van der Waals surface area (Å²) in [5.41, 5.74) is 5.68. The van der Waals surface area contributed by atoms with Crippen molar-refractivity contribution in [3.63, 3.8) is 0 Å². The molecule has 0 aliphatic rings. The maximum Gasteiger partial charge on any atom is 0.137 e. The average Bonchev–Trinajstić information content (AvgIpc) is 2.19. The molecule has 1 rings (SSSR count). The zero-order valence-electron chi connectivity index (χ0n) is 11.6. The van der Waals surface area contributed by atoms with Crippen LogP contribution in [0.5, 0.6) is 0 Å². The Morgan fingerprint density at radius 1 is 1.12 bits per heavy atom. The third kappa shape index (κ3) is 4.05. The van der Waals surface area contributed by atoms with Gasteiger partial charge in [0, 0.05) is 0 Å². The SMILES string of the molecule is [CH2]c1ccc([CH]C#C[Si](C)(C)C(C)(C)C)cc1. The van der Waals surface area contributed by atoms with Crippen LogP contribution in [0.4, 0.5) is 0 Å². The van der Waals surface area contributed by atoms with Crippen molar-refractivity contribution in [2.45, 2.75) is 38.9 Å². The van der Waals surface area contributed by atoms with Gasteiger partial charge >= 0.3 is 0 Å². The second kappa shape index (κ2) is 5.10. The molecule has 0 unspecified atom stereocenters. The molecule has 2 radical (unpaired) electrons. The van der Waals surface area contributed by atoms with E-state index in [0.29, 0.717) is 5.04 Å². The van der Waals surface area contributed by atoms with E-state index in [4.69, 9.17) is 0 Å². The maximum absolute atomic E-state index is 3.87. The van der Waals surface area contributed by atoms with Gasteiger partial charge in [0.15, 0.2) is 0 Å². The lowest BCUT2D eigenvalue weighted by molar-refractivity contribution is 0.731. The van der Waals surface area contributed by atoms with Gasteiger partial charge in [0.05, 0.1) is 6.42 Å². The van der Waals surface area contributed by atoms with Gasteiger partial charge < -0.3 is 0 Å². The first-order chi connectivity index (χ1) is 7.72. The first-order valence-electron chi connectivity index (χ1n) is 6.00. The number of hydrogen-bond donors (Lipinski definition) is 0. The molecule has 0 bridgehead atoms. The zero-order valence-corrected chi connectivity index (χ0v) is 12.6. The summed E-state index contributed by atoms with van der Waals surface area (Å²) in [6, 6.07) is 8.14. The first-order valence-corrected chi connectivity index (χ1v) is 9.00. The lowest BCUT2D eigenvalue weighted by Crippen LogP contribution is -2.35. The fraction of sp³-hybridized carbons (Fsp3) is 0.375. The first kappa shape index (κ1) is 14.1. The van der Waals surface area contributed by atoms with Gasteiger partial charge in [0.1, 0.15) is 8.07 Å². The molecule has 1 heteroatoms. The minimum Gasteiger partial charge on any atom is -0.130 e. The summed E-state index contributed by atoms with van der Waals surface area (Å²) in [4.78, 5) is 0. The van der Waals surface area contributed by atoms with E-state index >= 15 is 0 Å². The van der Waals surface area contributed by atoms with Crippen LogP contribution >= 0.6 is 0 Å². The van der Waals surface area contributed by atoms with Crippen LogP contribution in [0.1, 0.15) is 31.9 Å². The van der Waals surface area contributed by atoms with Crippen LogP contribution in [0.15, 0.2) is 24.3 Å². The Kier molecular flexibility index (Phi) is 4.22. The fourth-order valence-electron chi connectivity index (χ4n) is 1.10. The highest BCUT2D eigenvalue weighted by atomic mass is 28.3. The summed E-state index contributed by atoms with van der Waals surface area (Å²) in [7, 11) is -1.47. The second-order valence-electron chi connectivity index (χ2n) is 6.03. The van der Waals surface area contributed by atoms with Crippen LogP contribution in [0.2, 0.25) is 18.1 Å². The van der Waals surface area contributed by atoms with Crippen LogP contribution in [0.25, 0.3) is 0 Å². The largest absolute Gasteiger partial charge is 0.137 e. The normalized spacial score (nSPS) is 11.9. The molecule has 0 atom stereocenters. The van der Waals surface area contributed by atoms with Crippen LogP contribution in [0, 0.1) is 24.8 Å². The molecule has 0 saturated carbocycles. The topological polar surface area (TPSA) is 0 Å². The van der Waals surface area contributed by atoms with Crippen LogP contribution < -0.4 is 0 Å². The average molecular weight is 242 g/mol. The van der Waals surface area contributed by atoms with E-state index in [1.54, 1.807) is 0 Å². The third-order valence-corrected chi connectivity index (χ3v) is 8.00. The van der Waals surface area contributed by atoms with Gasteiger partial charge in [-0.05, 0) is 23.1 Å². The van der Waals surface area contributed by atoms with Gasteiger partial charge in [-0.2, -0.15) is 0 Å². The minimum absolute atomic E-state index is 0.324. The van der Waals surface area contributed by atoms with E-state index in [9.17, 15) is 0 Å². The molecule has 0 amide bonds. The Morgan fingerprint density at radius 3 is 2.12 bits per heavy atom. The van der Waals surface area contributed by atoms with E-state index < -0.39 is 8.07 Å². The van der Waals surface area contributed by atoms with Crippen LogP contribution in [-0.2, 0) is 0 Å². The highest BCUT2D eigenvalue weighted by molar-refractivity contribution is 6.87. The lowest BCUT2D eigenvalue weighted by Gasteiger charge is -2.31. The molecule has 1 aromatic rings. The van der Waals surface area contributed by atoms with Crippen molar-refractivity contribution in [1.82, 2.24) is 0 Å². The van der Waals surface area contributed by atoms with Gasteiger partial charge in [0.25, 0.3) is 0 Å². The van der Waals surface area contributed by atoms with E-state index in [-0.39, 0.29) is 0 Å². The lowest BCUT2D eigenvalue weighted by atomic mass is 10.1. The summed E-state index contributed by atoms with van der Waals surface area (Å²) in [6.45, 7) is 15.4. The predicted molar refractivity (Wildman–Crippen MR) is 79.3 cm³/mol. The monoisotopic (exact) mass is 242 g/mol. The fourth-order valence-corrected chi connectivity index (χ4v) is 1.91. The Bertz CT molecular complexity index is 421.